The van der Waals surface area contributed by atoms with Crippen molar-refractivity contribution >= 4 is 5.97 Å². The fourth-order valence-corrected chi connectivity index (χ4v) is 1.58. The Bertz CT molecular complexity index is 576. The summed E-state index contributed by atoms with van der Waals surface area (Å²) in [7, 11) is 0. The zero-order valence-electron chi connectivity index (χ0n) is 20.7. The molecule has 0 aliphatic rings. The van der Waals surface area contributed by atoms with Crippen LogP contribution in [0.4, 0.5) is 8.78 Å². The Hall–Kier alpha value is -2.03. The lowest BCUT2D eigenvalue weighted by Gasteiger charge is -2.08. The van der Waals surface area contributed by atoms with Crippen LogP contribution in [0.1, 0.15) is 53.5 Å². The number of hydrogen-bond donors (Lipinski definition) is 1. The first-order valence-electron chi connectivity index (χ1n) is 11.0. The van der Waals surface area contributed by atoms with Gasteiger partial charge in [-0.1, -0.05) is 39.8 Å². The highest BCUT2D eigenvalue weighted by Gasteiger charge is 2.00. The van der Waals surface area contributed by atoms with Gasteiger partial charge in [0.1, 0.15) is 18.2 Å². The predicted molar refractivity (Wildman–Crippen MR) is 125 cm³/mol. The number of aliphatic carboxylic acids is 1. The standard InChI is InChI=1S/C16H23FO6.C4H7F.2C2H6/c1-13-2-3-14(12-15(13)17)23-11-10-22-9-8-21-7-6-20-5-4-16(18)19;1-3-4(2)5;2*1-2/h2-3,12H,4-11H2,1H3,(H,18,19);3H,1-2H3;2*1-2H3/b;4-3-;;. The molecule has 0 fully saturated rings. The second-order valence-electron chi connectivity index (χ2n) is 5.62. The van der Waals surface area contributed by atoms with Gasteiger partial charge in [-0.2, -0.15) is 0 Å². The van der Waals surface area contributed by atoms with Crippen LogP contribution in [-0.2, 0) is 19.0 Å². The van der Waals surface area contributed by atoms with E-state index in [0.29, 0.717) is 51.0 Å². The summed E-state index contributed by atoms with van der Waals surface area (Å²) in [6, 6.07) is 4.73. The van der Waals surface area contributed by atoms with Crippen LogP contribution in [0.3, 0.4) is 0 Å². The summed E-state index contributed by atoms with van der Waals surface area (Å²) in [6.07, 6.45) is 1.41. The van der Waals surface area contributed by atoms with Crippen LogP contribution in [0.5, 0.6) is 5.75 Å². The van der Waals surface area contributed by atoms with Gasteiger partial charge in [0, 0.05) is 6.07 Å². The Labute approximate surface area is 192 Å². The predicted octanol–water partition coefficient (Wildman–Crippen LogP) is 5.97. The Morgan fingerprint density at radius 3 is 1.78 bits per heavy atom. The average Bonchev–Trinajstić information content (AvgIpc) is 2.79. The zero-order chi connectivity index (χ0) is 25.2. The van der Waals surface area contributed by atoms with Crippen molar-refractivity contribution in [3.63, 3.8) is 0 Å². The number of aryl methyl sites for hydroxylation is 1. The summed E-state index contributed by atoms with van der Waals surface area (Å²) in [5, 5.41) is 8.40. The second kappa shape index (κ2) is 27.0. The number of carboxylic acid groups (broad SMARTS) is 1. The molecule has 188 valence electrons. The van der Waals surface area contributed by atoms with Crippen LogP contribution in [0.2, 0.25) is 0 Å². The van der Waals surface area contributed by atoms with E-state index in [1.165, 1.54) is 19.1 Å². The summed E-state index contributed by atoms with van der Waals surface area (Å²) in [5.74, 6) is -0.811. The fraction of sp³-hybridized carbons (Fsp3) is 0.625. The first-order valence-corrected chi connectivity index (χ1v) is 11.0. The van der Waals surface area contributed by atoms with E-state index in [0.717, 1.165) is 0 Å². The molecule has 0 spiro atoms. The molecule has 1 aromatic carbocycles. The molecular weight excluding hydrogens is 422 g/mol. The molecule has 0 aliphatic heterocycles. The molecule has 1 N–H and O–H groups in total. The zero-order valence-corrected chi connectivity index (χ0v) is 20.7. The smallest absolute Gasteiger partial charge is 0.305 e. The van der Waals surface area contributed by atoms with Crippen molar-refractivity contribution in [1.82, 2.24) is 0 Å². The molecule has 0 amide bonds. The number of rotatable bonds is 13. The van der Waals surface area contributed by atoms with Crippen LogP contribution in [0.15, 0.2) is 30.1 Å². The van der Waals surface area contributed by atoms with Gasteiger partial charge in [0.05, 0.1) is 51.9 Å². The summed E-state index contributed by atoms with van der Waals surface area (Å²) in [5.41, 5.74) is 0.581. The maximum Gasteiger partial charge on any atom is 0.305 e. The minimum absolute atomic E-state index is 0.00596. The molecule has 0 radical (unpaired) electrons. The first kappa shape index (κ1) is 34.6. The van der Waals surface area contributed by atoms with Crippen LogP contribution in [0, 0.1) is 12.7 Å². The SMILES string of the molecule is C/C=C(/C)F.CC.CC.Cc1ccc(OCCOCCOCCOCCC(=O)O)cc1F. The molecular formula is C24H42F2O6. The lowest BCUT2D eigenvalue weighted by Crippen LogP contribution is -2.13. The first-order chi connectivity index (χ1) is 15.4. The topological polar surface area (TPSA) is 74.2 Å². The Morgan fingerprint density at radius 2 is 1.38 bits per heavy atom. The summed E-state index contributed by atoms with van der Waals surface area (Å²) in [4.78, 5) is 10.2. The van der Waals surface area contributed by atoms with Gasteiger partial charge in [0.15, 0.2) is 0 Å². The maximum absolute atomic E-state index is 13.3. The number of allylic oxidation sites excluding steroid dienone is 2. The van der Waals surface area contributed by atoms with Gasteiger partial charge in [0.2, 0.25) is 0 Å². The van der Waals surface area contributed by atoms with Crippen LogP contribution in [0.25, 0.3) is 0 Å². The van der Waals surface area contributed by atoms with E-state index in [1.54, 1.807) is 26.0 Å². The van der Waals surface area contributed by atoms with Crippen molar-refractivity contribution in [2.75, 3.05) is 46.2 Å². The van der Waals surface area contributed by atoms with E-state index in [4.69, 9.17) is 24.1 Å². The van der Waals surface area contributed by atoms with Crippen molar-refractivity contribution in [3.8, 4) is 5.75 Å². The number of ether oxygens (including phenoxy) is 4. The fourth-order valence-electron chi connectivity index (χ4n) is 1.58. The third kappa shape index (κ3) is 26.0. The third-order valence-corrected chi connectivity index (χ3v) is 3.24. The number of hydrogen-bond acceptors (Lipinski definition) is 5. The normalized spacial score (nSPS) is 9.97. The Balaban J connectivity index is -0.000000803. The van der Waals surface area contributed by atoms with Gasteiger partial charge < -0.3 is 24.1 Å². The molecule has 0 unspecified atom stereocenters. The van der Waals surface area contributed by atoms with Crippen molar-refractivity contribution < 1.29 is 37.6 Å². The molecule has 0 atom stereocenters. The average molecular weight is 465 g/mol. The van der Waals surface area contributed by atoms with Crippen molar-refractivity contribution in [3.05, 3.63) is 41.5 Å². The molecule has 8 heteroatoms. The quantitative estimate of drug-likeness (QED) is 0.363. The number of carboxylic acids is 1. The Morgan fingerprint density at radius 1 is 0.938 bits per heavy atom. The van der Waals surface area contributed by atoms with Crippen molar-refractivity contribution in [2.24, 2.45) is 0 Å². The van der Waals surface area contributed by atoms with Gasteiger partial charge >= 0.3 is 5.97 Å². The summed E-state index contributed by atoms with van der Waals surface area (Å²) < 4.78 is 45.5. The molecule has 0 aromatic heterocycles. The number of benzene rings is 1. The summed E-state index contributed by atoms with van der Waals surface area (Å²) >= 11 is 0. The van der Waals surface area contributed by atoms with Gasteiger partial charge in [-0.15, -0.1) is 0 Å². The highest BCUT2D eigenvalue weighted by atomic mass is 19.1. The van der Waals surface area contributed by atoms with E-state index >= 15 is 0 Å². The highest BCUT2D eigenvalue weighted by molar-refractivity contribution is 5.66. The molecule has 0 bridgehead atoms. The van der Waals surface area contributed by atoms with Gasteiger partial charge in [-0.3, -0.25) is 4.79 Å². The van der Waals surface area contributed by atoms with Crippen LogP contribution < -0.4 is 4.74 Å². The maximum atomic E-state index is 13.3. The van der Waals surface area contributed by atoms with Gasteiger partial charge in [-0.05, 0) is 32.4 Å². The van der Waals surface area contributed by atoms with E-state index in [9.17, 15) is 13.6 Å². The van der Waals surface area contributed by atoms with Crippen LogP contribution >= 0.6 is 0 Å². The number of carbonyl (C=O) groups is 1. The van der Waals surface area contributed by atoms with Gasteiger partial charge in [0.25, 0.3) is 0 Å². The molecule has 0 heterocycles. The molecule has 0 saturated heterocycles. The lowest BCUT2D eigenvalue weighted by atomic mass is 10.2. The van der Waals surface area contributed by atoms with E-state index < -0.39 is 5.97 Å². The summed E-state index contributed by atoms with van der Waals surface area (Å²) in [6.45, 7) is 15.3. The molecule has 32 heavy (non-hydrogen) atoms. The van der Waals surface area contributed by atoms with E-state index in [-0.39, 0.29) is 24.7 Å². The molecule has 0 saturated carbocycles. The monoisotopic (exact) mass is 464 g/mol. The Kier molecular flexibility index (Phi) is 29.2. The van der Waals surface area contributed by atoms with Crippen molar-refractivity contribution in [2.45, 2.75) is 54.9 Å². The molecule has 0 aliphatic carbocycles. The minimum atomic E-state index is -0.880. The van der Waals surface area contributed by atoms with Crippen molar-refractivity contribution in [1.29, 1.82) is 0 Å². The van der Waals surface area contributed by atoms with Crippen LogP contribution in [-0.4, -0.2) is 57.3 Å². The molecule has 1 aromatic rings. The molecule has 1 rings (SSSR count). The molecule has 6 nitrogen and oxygen atoms in total. The lowest BCUT2D eigenvalue weighted by molar-refractivity contribution is -0.138. The van der Waals surface area contributed by atoms with Gasteiger partial charge in [-0.25, -0.2) is 8.78 Å². The minimum Gasteiger partial charge on any atom is -0.491 e. The second-order valence-corrected chi connectivity index (χ2v) is 5.62. The van der Waals surface area contributed by atoms with E-state index in [1.807, 2.05) is 27.7 Å². The van der Waals surface area contributed by atoms with E-state index in [2.05, 4.69) is 0 Å². The highest BCUT2D eigenvalue weighted by Crippen LogP contribution is 2.15. The third-order valence-electron chi connectivity index (χ3n) is 3.24. The largest absolute Gasteiger partial charge is 0.491 e. The number of halogens is 2.